The number of ether oxygens (including phenoxy) is 1. The van der Waals surface area contributed by atoms with Crippen molar-refractivity contribution in [2.75, 3.05) is 14.1 Å². The fourth-order valence-electron chi connectivity index (χ4n) is 4.33. The van der Waals surface area contributed by atoms with Crippen LogP contribution in [-0.4, -0.2) is 61.4 Å². The summed E-state index contributed by atoms with van der Waals surface area (Å²) >= 11 is 0. The summed E-state index contributed by atoms with van der Waals surface area (Å²) < 4.78 is 5.74. The first kappa shape index (κ1) is 30.7. The number of unbranched alkanes of at least 4 members (excludes halogenated alkanes) is 4. The number of alkyl carbamates (subject to hydrolysis) is 1. The molecule has 0 bridgehead atoms. The van der Waals surface area contributed by atoms with Gasteiger partial charge in [-0.3, -0.25) is 9.59 Å². The maximum absolute atomic E-state index is 13.0. The molecule has 8 nitrogen and oxygen atoms in total. The minimum atomic E-state index is -0.821. The van der Waals surface area contributed by atoms with Gasteiger partial charge in [-0.05, 0) is 50.9 Å². The van der Waals surface area contributed by atoms with E-state index in [2.05, 4.69) is 17.6 Å². The van der Waals surface area contributed by atoms with Gasteiger partial charge in [0.25, 0.3) is 0 Å². The maximum Gasteiger partial charge on any atom is 0.408 e. The largest absolute Gasteiger partial charge is 0.446 e. The number of carbonyl (C=O) groups excluding carboxylic acids is 4. The lowest BCUT2D eigenvalue weighted by Gasteiger charge is -2.25. The maximum atomic E-state index is 13.0. The number of carbonyl (C=O) groups is 4. The second kappa shape index (κ2) is 17.1. The topological polar surface area (TPSA) is 105 Å². The van der Waals surface area contributed by atoms with Gasteiger partial charge < -0.3 is 25.1 Å². The molecule has 1 rings (SSSR count). The van der Waals surface area contributed by atoms with E-state index in [0.29, 0.717) is 25.5 Å². The van der Waals surface area contributed by atoms with Crippen LogP contribution < -0.4 is 10.6 Å². The van der Waals surface area contributed by atoms with E-state index in [-0.39, 0.29) is 24.3 Å². The second-order valence-electron chi connectivity index (χ2n) is 10.3. The van der Waals surface area contributed by atoms with E-state index in [1.165, 1.54) is 24.2 Å². The van der Waals surface area contributed by atoms with Gasteiger partial charge in [-0.2, -0.15) is 0 Å². The Labute approximate surface area is 211 Å². The van der Waals surface area contributed by atoms with Gasteiger partial charge in [-0.15, -0.1) is 0 Å². The van der Waals surface area contributed by atoms with Crippen LogP contribution in [0.4, 0.5) is 4.79 Å². The highest BCUT2D eigenvalue weighted by molar-refractivity contribution is 5.88. The Balaban J connectivity index is 3.06. The molecule has 200 valence electrons. The van der Waals surface area contributed by atoms with Crippen LogP contribution in [0, 0.1) is 11.8 Å². The molecule has 35 heavy (non-hydrogen) atoms. The Morgan fingerprint density at radius 1 is 1.14 bits per heavy atom. The normalized spacial score (nSPS) is 25.4. The van der Waals surface area contributed by atoms with Gasteiger partial charge in [0.2, 0.25) is 11.8 Å². The highest BCUT2D eigenvalue weighted by atomic mass is 16.6. The summed E-state index contributed by atoms with van der Waals surface area (Å²) in [5.74, 6) is -0.805. The van der Waals surface area contributed by atoms with E-state index >= 15 is 0 Å². The quantitative estimate of drug-likeness (QED) is 0.267. The number of nitrogens with zero attached hydrogens (tertiary/aromatic N) is 1. The molecule has 0 spiro atoms. The third kappa shape index (κ3) is 12.8. The second-order valence-corrected chi connectivity index (χ2v) is 10.3. The molecule has 2 unspecified atom stereocenters. The molecule has 0 radical (unpaired) electrons. The van der Waals surface area contributed by atoms with Crippen molar-refractivity contribution >= 4 is 24.2 Å². The number of rotatable bonds is 10. The van der Waals surface area contributed by atoms with E-state index < -0.39 is 30.0 Å². The van der Waals surface area contributed by atoms with Crippen molar-refractivity contribution in [3.63, 3.8) is 0 Å². The Morgan fingerprint density at radius 3 is 2.49 bits per heavy atom. The minimum absolute atomic E-state index is 0.0830. The highest BCUT2D eigenvalue weighted by Gasteiger charge is 2.29. The molecule has 0 fully saturated rings. The molecule has 0 saturated heterocycles. The van der Waals surface area contributed by atoms with Gasteiger partial charge in [-0.25, -0.2) is 4.79 Å². The van der Waals surface area contributed by atoms with Crippen LogP contribution in [0.5, 0.6) is 0 Å². The first-order chi connectivity index (χ1) is 16.7. The van der Waals surface area contributed by atoms with Crippen molar-refractivity contribution in [2.24, 2.45) is 11.8 Å². The predicted octanol–water partition coefficient (Wildman–Crippen LogP) is 4.37. The lowest BCUT2D eigenvalue weighted by molar-refractivity contribution is -0.134. The summed E-state index contributed by atoms with van der Waals surface area (Å²) in [4.78, 5) is 51.7. The molecule has 1 aliphatic rings. The van der Waals surface area contributed by atoms with Crippen molar-refractivity contribution in [3.8, 4) is 0 Å². The number of hydrogen-bond donors (Lipinski definition) is 2. The molecule has 1 aliphatic heterocycles. The van der Waals surface area contributed by atoms with Gasteiger partial charge in [0.1, 0.15) is 18.4 Å². The summed E-state index contributed by atoms with van der Waals surface area (Å²) in [5.41, 5.74) is 0. The number of aldehydes is 1. The van der Waals surface area contributed by atoms with E-state index in [9.17, 15) is 19.2 Å². The van der Waals surface area contributed by atoms with Crippen LogP contribution in [0.3, 0.4) is 0 Å². The van der Waals surface area contributed by atoms with Crippen molar-refractivity contribution in [1.29, 1.82) is 0 Å². The zero-order valence-corrected chi connectivity index (χ0v) is 22.4. The fraction of sp³-hybridized carbons (Fsp3) is 0.778. The third-order valence-electron chi connectivity index (χ3n) is 6.28. The summed E-state index contributed by atoms with van der Waals surface area (Å²) in [6.07, 6.45) is 12.7. The number of cyclic esters (lactones) is 1. The standard InChI is InChI=1S/C27H47N3O5/c1-6-7-8-9-12-15-23-16-13-10-11-14-21(26(33)30(4)5)18-22(19-31)28-25(32)24(17-20(2)3)29-27(34)35-23/h10-11,19-24H,6-9,12-18H2,1-5H3,(H,28,32)(H,29,34)/b11-10-/t21?,22-,23?,24-/m0/s1. The fourth-order valence-corrected chi connectivity index (χ4v) is 4.33. The molecule has 1 heterocycles. The van der Waals surface area contributed by atoms with Crippen molar-refractivity contribution in [1.82, 2.24) is 15.5 Å². The van der Waals surface area contributed by atoms with Crippen LogP contribution in [-0.2, 0) is 19.1 Å². The SMILES string of the molecule is CCCCCCCC1CC/C=C\CC(C(=O)N(C)C)C[C@@H](C=O)NC(=O)[C@H](CC(C)C)NC(=O)O1. The average Bonchev–Trinajstić information content (AvgIpc) is 2.80. The molecule has 0 saturated carbocycles. The van der Waals surface area contributed by atoms with Gasteiger partial charge in [-0.1, -0.05) is 58.6 Å². The van der Waals surface area contributed by atoms with Crippen molar-refractivity contribution in [2.45, 2.75) is 110 Å². The van der Waals surface area contributed by atoms with Crippen LogP contribution in [0.1, 0.15) is 91.4 Å². The van der Waals surface area contributed by atoms with E-state index in [1.807, 2.05) is 26.0 Å². The molecule has 0 aromatic heterocycles. The van der Waals surface area contributed by atoms with Crippen LogP contribution in [0.15, 0.2) is 12.2 Å². The molecular weight excluding hydrogens is 446 g/mol. The molecule has 0 aromatic rings. The zero-order valence-electron chi connectivity index (χ0n) is 22.4. The molecule has 0 aromatic carbocycles. The molecular formula is C27H47N3O5. The lowest BCUT2D eigenvalue weighted by Crippen LogP contribution is -2.51. The average molecular weight is 494 g/mol. The van der Waals surface area contributed by atoms with Gasteiger partial charge >= 0.3 is 6.09 Å². The van der Waals surface area contributed by atoms with Crippen molar-refractivity contribution < 1.29 is 23.9 Å². The molecule has 4 atom stereocenters. The highest BCUT2D eigenvalue weighted by Crippen LogP contribution is 2.18. The molecule has 2 N–H and O–H groups in total. The molecule has 8 heteroatoms. The number of hydrogen-bond acceptors (Lipinski definition) is 5. The number of allylic oxidation sites excluding steroid dienone is 2. The Morgan fingerprint density at radius 2 is 1.86 bits per heavy atom. The van der Waals surface area contributed by atoms with E-state index in [1.54, 1.807) is 14.1 Å². The summed E-state index contributed by atoms with van der Waals surface area (Å²) in [7, 11) is 3.37. The van der Waals surface area contributed by atoms with Crippen LogP contribution in [0.2, 0.25) is 0 Å². The molecule has 3 amide bonds. The van der Waals surface area contributed by atoms with E-state index in [4.69, 9.17) is 4.74 Å². The van der Waals surface area contributed by atoms with Crippen LogP contribution >= 0.6 is 0 Å². The number of nitrogens with one attached hydrogen (secondary N) is 2. The lowest BCUT2D eigenvalue weighted by atomic mass is 9.94. The smallest absolute Gasteiger partial charge is 0.408 e. The Kier molecular flexibility index (Phi) is 15.0. The number of amides is 3. The summed E-state index contributed by atoms with van der Waals surface area (Å²) in [6, 6.07) is -1.64. The van der Waals surface area contributed by atoms with Gasteiger partial charge in [0, 0.05) is 20.0 Å². The van der Waals surface area contributed by atoms with Gasteiger partial charge in [0.05, 0.1) is 6.04 Å². The predicted molar refractivity (Wildman–Crippen MR) is 138 cm³/mol. The zero-order chi connectivity index (χ0) is 26.2. The Hall–Kier alpha value is -2.38. The third-order valence-corrected chi connectivity index (χ3v) is 6.28. The Bertz CT molecular complexity index is 692. The minimum Gasteiger partial charge on any atom is -0.446 e. The van der Waals surface area contributed by atoms with Crippen molar-refractivity contribution in [3.05, 3.63) is 12.2 Å². The monoisotopic (exact) mass is 493 g/mol. The summed E-state index contributed by atoms with van der Waals surface area (Å²) in [5, 5.41) is 5.45. The first-order valence-electron chi connectivity index (χ1n) is 13.3. The van der Waals surface area contributed by atoms with Crippen LogP contribution in [0.25, 0.3) is 0 Å². The van der Waals surface area contributed by atoms with E-state index in [0.717, 1.165) is 25.7 Å². The van der Waals surface area contributed by atoms with Gasteiger partial charge in [0.15, 0.2) is 0 Å². The first-order valence-corrected chi connectivity index (χ1v) is 13.3. The summed E-state index contributed by atoms with van der Waals surface area (Å²) in [6.45, 7) is 6.10. The molecule has 0 aliphatic carbocycles.